The highest BCUT2D eigenvalue weighted by Crippen LogP contribution is 2.36. The van der Waals surface area contributed by atoms with Crippen LogP contribution in [0.3, 0.4) is 0 Å². The van der Waals surface area contributed by atoms with Gasteiger partial charge in [-0.3, -0.25) is 0 Å². The molecule has 0 unspecified atom stereocenters. The molecule has 1 aliphatic rings. The molecule has 1 saturated heterocycles. The SMILES string of the molecule is CC.Cn1ccc2c(F)cc(B3OC(C)(C)C(C)(C)O3)cc21. The van der Waals surface area contributed by atoms with Crippen LogP contribution < -0.4 is 5.46 Å². The van der Waals surface area contributed by atoms with E-state index in [4.69, 9.17) is 9.31 Å². The van der Waals surface area contributed by atoms with Crippen molar-refractivity contribution in [1.82, 2.24) is 4.57 Å². The van der Waals surface area contributed by atoms with Gasteiger partial charge in [-0.05, 0) is 51.4 Å². The van der Waals surface area contributed by atoms with Crippen LogP contribution in [0.25, 0.3) is 10.9 Å². The lowest BCUT2D eigenvalue weighted by Gasteiger charge is -2.32. The van der Waals surface area contributed by atoms with Crippen LogP contribution in [0.5, 0.6) is 0 Å². The molecule has 0 aliphatic carbocycles. The van der Waals surface area contributed by atoms with E-state index in [2.05, 4.69) is 0 Å². The highest BCUT2D eigenvalue weighted by Gasteiger charge is 2.51. The van der Waals surface area contributed by atoms with Crippen LogP contribution in [0.15, 0.2) is 24.4 Å². The summed E-state index contributed by atoms with van der Waals surface area (Å²) >= 11 is 0. The van der Waals surface area contributed by atoms with Crippen LogP contribution in [-0.2, 0) is 16.4 Å². The first-order chi connectivity index (χ1) is 10.2. The number of hydrogen-bond donors (Lipinski definition) is 0. The van der Waals surface area contributed by atoms with Gasteiger partial charge < -0.3 is 13.9 Å². The Morgan fingerprint density at radius 2 is 1.59 bits per heavy atom. The van der Waals surface area contributed by atoms with Crippen LogP contribution >= 0.6 is 0 Å². The molecule has 5 heteroatoms. The molecule has 120 valence electrons. The normalized spacial score (nSPS) is 19.2. The van der Waals surface area contributed by atoms with Crippen molar-refractivity contribution in [2.45, 2.75) is 52.7 Å². The molecule has 0 amide bonds. The second-order valence-corrected chi connectivity index (χ2v) is 6.45. The summed E-state index contributed by atoms with van der Waals surface area (Å²) in [5, 5.41) is 0.618. The van der Waals surface area contributed by atoms with E-state index in [1.165, 1.54) is 6.07 Å². The summed E-state index contributed by atoms with van der Waals surface area (Å²) in [4.78, 5) is 0. The predicted molar refractivity (Wildman–Crippen MR) is 89.9 cm³/mol. The second-order valence-electron chi connectivity index (χ2n) is 6.45. The fourth-order valence-electron chi connectivity index (χ4n) is 2.46. The van der Waals surface area contributed by atoms with Crippen LogP contribution in [-0.4, -0.2) is 22.9 Å². The molecule has 1 aliphatic heterocycles. The third-order valence-electron chi connectivity index (χ3n) is 4.50. The maximum Gasteiger partial charge on any atom is 0.495 e. The molecular weight excluding hydrogens is 280 g/mol. The highest BCUT2D eigenvalue weighted by atomic mass is 19.1. The van der Waals surface area contributed by atoms with Gasteiger partial charge in [0.1, 0.15) is 5.82 Å². The second kappa shape index (κ2) is 5.71. The Kier molecular flexibility index (Phi) is 4.42. The molecule has 0 saturated carbocycles. The molecule has 3 rings (SSSR count). The first-order valence-electron chi connectivity index (χ1n) is 7.81. The van der Waals surface area contributed by atoms with Gasteiger partial charge >= 0.3 is 7.12 Å². The van der Waals surface area contributed by atoms with Crippen LogP contribution in [0.1, 0.15) is 41.5 Å². The molecule has 22 heavy (non-hydrogen) atoms. The van der Waals surface area contributed by atoms with Gasteiger partial charge in [0.2, 0.25) is 0 Å². The Bertz CT molecular complexity index is 663. The van der Waals surface area contributed by atoms with Crippen molar-refractivity contribution in [2.24, 2.45) is 7.05 Å². The summed E-state index contributed by atoms with van der Waals surface area (Å²) in [6, 6.07) is 5.21. The van der Waals surface area contributed by atoms with E-state index < -0.39 is 18.3 Å². The monoisotopic (exact) mass is 305 g/mol. The van der Waals surface area contributed by atoms with Gasteiger partial charge in [0.25, 0.3) is 0 Å². The molecule has 0 atom stereocenters. The summed E-state index contributed by atoms with van der Waals surface area (Å²) in [5.41, 5.74) is 0.722. The predicted octanol–water partition coefficient (Wildman–Crippen LogP) is 3.64. The molecule has 1 aromatic carbocycles. The quantitative estimate of drug-likeness (QED) is 0.751. The van der Waals surface area contributed by atoms with Gasteiger partial charge in [-0.1, -0.05) is 13.8 Å². The zero-order valence-corrected chi connectivity index (χ0v) is 14.5. The maximum absolute atomic E-state index is 14.2. The lowest BCUT2D eigenvalue weighted by Crippen LogP contribution is -2.41. The molecule has 0 N–H and O–H groups in total. The van der Waals surface area contributed by atoms with E-state index in [9.17, 15) is 4.39 Å². The van der Waals surface area contributed by atoms with Crippen LogP contribution in [0.4, 0.5) is 4.39 Å². The lowest BCUT2D eigenvalue weighted by atomic mass is 9.78. The number of rotatable bonds is 1. The molecule has 1 fully saturated rings. The Morgan fingerprint density at radius 3 is 2.14 bits per heavy atom. The van der Waals surface area contributed by atoms with Crippen molar-refractivity contribution in [1.29, 1.82) is 0 Å². The van der Waals surface area contributed by atoms with E-state index in [1.54, 1.807) is 6.07 Å². The first kappa shape index (κ1) is 17.0. The van der Waals surface area contributed by atoms with Gasteiger partial charge in [0, 0.05) is 18.6 Å². The molecular formula is C17H25BFNO2. The van der Waals surface area contributed by atoms with Crippen molar-refractivity contribution in [3.05, 3.63) is 30.2 Å². The first-order valence-corrected chi connectivity index (χ1v) is 7.81. The molecule has 0 radical (unpaired) electrons. The summed E-state index contributed by atoms with van der Waals surface area (Å²) in [5.74, 6) is -0.243. The Balaban J connectivity index is 0.000000847. The topological polar surface area (TPSA) is 23.4 Å². The number of aromatic nitrogens is 1. The van der Waals surface area contributed by atoms with Crippen molar-refractivity contribution in [3.8, 4) is 0 Å². The fourth-order valence-corrected chi connectivity index (χ4v) is 2.46. The maximum atomic E-state index is 14.2. The average Bonchev–Trinajstić information content (AvgIpc) is 2.91. The van der Waals surface area contributed by atoms with E-state index >= 15 is 0 Å². The number of benzene rings is 1. The van der Waals surface area contributed by atoms with Crippen molar-refractivity contribution in [2.75, 3.05) is 0 Å². The van der Waals surface area contributed by atoms with Crippen molar-refractivity contribution < 1.29 is 13.7 Å². The highest BCUT2D eigenvalue weighted by molar-refractivity contribution is 6.62. The van der Waals surface area contributed by atoms with Gasteiger partial charge in [0.15, 0.2) is 0 Å². The summed E-state index contributed by atoms with van der Waals surface area (Å²) in [7, 11) is 1.37. The van der Waals surface area contributed by atoms with Gasteiger partial charge in [-0.2, -0.15) is 0 Å². The fraction of sp³-hybridized carbons (Fsp3) is 0.529. The standard InChI is InChI=1S/C15H19BFNO2.C2H6/c1-14(2)15(3,4)20-16(19-14)10-8-12(17)11-6-7-18(5)13(11)9-10;1-2/h6-9H,1-5H3;1-2H3. The third kappa shape index (κ3) is 2.68. The number of aryl methyl sites for hydroxylation is 1. The van der Waals surface area contributed by atoms with Gasteiger partial charge in [-0.25, -0.2) is 4.39 Å². The van der Waals surface area contributed by atoms with E-state index in [0.717, 1.165) is 11.0 Å². The van der Waals surface area contributed by atoms with Gasteiger partial charge in [0.05, 0.1) is 16.7 Å². The summed E-state index contributed by atoms with van der Waals surface area (Å²) in [6.07, 6.45) is 1.85. The number of nitrogens with zero attached hydrogens (tertiary/aromatic N) is 1. The van der Waals surface area contributed by atoms with Crippen molar-refractivity contribution >= 4 is 23.5 Å². The minimum atomic E-state index is -0.534. The van der Waals surface area contributed by atoms with Crippen LogP contribution in [0.2, 0.25) is 0 Å². The zero-order chi connectivity index (χ0) is 16.7. The molecule has 2 aromatic rings. The lowest BCUT2D eigenvalue weighted by molar-refractivity contribution is 0.00578. The Labute approximate surface area is 132 Å². The zero-order valence-electron chi connectivity index (χ0n) is 14.5. The largest absolute Gasteiger partial charge is 0.495 e. The molecule has 1 aromatic heterocycles. The summed E-state index contributed by atoms with van der Waals surface area (Å²) in [6.45, 7) is 12.0. The Hall–Kier alpha value is -1.33. The summed E-state index contributed by atoms with van der Waals surface area (Å²) < 4.78 is 28.0. The number of fused-ring (bicyclic) bond motifs is 1. The van der Waals surface area contributed by atoms with E-state index in [-0.39, 0.29) is 5.82 Å². The molecule has 3 nitrogen and oxygen atoms in total. The minimum absolute atomic E-state index is 0.243. The minimum Gasteiger partial charge on any atom is -0.399 e. The van der Waals surface area contributed by atoms with Gasteiger partial charge in [-0.15, -0.1) is 0 Å². The number of halogens is 1. The third-order valence-corrected chi connectivity index (χ3v) is 4.50. The van der Waals surface area contributed by atoms with E-state index in [0.29, 0.717) is 5.39 Å². The Morgan fingerprint density at radius 1 is 1.05 bits per heavy atom. The average molecular weight is 305 g/mol. The smallest absolute Gasteiger partial charge is 0.399 e. The van der Waals surface area contributed by atoms with Crippen molar-refractivity contribution in [3.63, 3.8) is 0 Å². The molecule has 0 spiro atoms. The van der Waals surface area contributed by atoms with Crippen LogP contribution in [0, 0.1) is 5.82 Å². The number of hydrogen-bond acceptors (Lipinski definition) is 2. The molecule has 0 bridgehead atoms. The molecule has 2 heterocycles. The van der Waals surface area contributed by atoms with E-state index in [1.807, 2.05) is 65.4 Å².